The van der Waals surface area contributed by atoms with E-state index in [4.69, 9.17) is 0 Å². The molecule has 19 heavy (non-hydrogen) atoms. The highest BCUT2D eigenvalue weighted by Crippen LogP contribution is 2.16. The van der Waals surface area contributed by atoms with E-state index in [-0.39, 0.29) is 5.91 Å². The van der Waals surface area contributed by atoms with E-state index in [0.717, 1.165) is 16.9 Å². The van der Waals surface area contributed by atoms with E-state index in [0.29, 0.717) is 6.54 Å². The van der Waals surface area contributed by atoms with Crippen molar-refractivity contribution < 1.29 is 9.18 Å². The predicted molar refractivity (Wildman–Crippen MR) is 72.3 cm³/mol. The SMILES string of the molecule is CC(=O)Nc1ccccc1CNc1ccc(F)nc1. The molecule has 0 aliphatic rings. The van der Waals surface area contributed by atoms with Gasteiger partial charge >= 0.3 is 0 Å². The molecule has 98 valence electrons. The summed E-state index contributed by atoms with van der Waals surface area (Å²) in [6.07, 6.45) is 1.43. The summed E-state index contributed by atoms with van der Waals surface area (Å²) in [6, 6.07) is 10.4. The lowest BCUT2D eigenvalue weighted by Crippen LogP contribution is -2.10. The van der Waals surface area contributed by atoms with Crippen molar-refractivity contribution in [2.45, 2.75) is 13.5 Å². The molecule has 5 heteroatoms. The lowest BCUT2D eigenvalue weighted by molar-refractivity contribution is -0.114. The van der Waals surface area contributed by atoms with Gasteiger partial charge in [-0.3, -0.25) is 4.79 Å². The molecule has 2 aromatic rings. The number of nitrogens with zero attached hydrogens (tertiary/aromatic N) is 1. The Kier molecular flexibility index (Phi) is 4.07. The van der Waals surface area contributed by atoms with E-state index < -0.39 is 5.95 Å². The Morgan fingerprint density at radius 1 is 1.26 bits per heavy atom. The largest absolute Gasteiger partial charge is 0.380 e. The van der Waals surface area contributed by atoms with Gasteiger partial charge in [0.1, 0.15) is 0 Å². The second-order valence-electron chi connectivity index (χ2n) is 4.06. The van der Waals surface area contributed by atoms with Crippen molar-refractivity contribution in [1.82, 2.24) is 4.98 Å². The third kappa shape index (κ3) is 3.77. The number of nitrogens with one attached hydrogen (secondary N) is 2. The Hall–Kier alpha value is -2.43. The van der Waals surface area contributed by atoms with Crippen LogP contribution in [0.2, 0.25) is 0 Å². The molecule has 0 saturated heterocycles. The number of para-hydroxylation sites is 1. The first kappa shape index (κ1) is 13.0. The smallest absolute Gasteiger partial charge is 0.221 e. The molecule has 1 heterocycles. The van der Waals surface area contributed by atoms with Crippen molar-refractivity contribution in [2.24, 2.45) is 0 Å². The van der Waals surface area contributed by atoms with Gasteiger partial charge in [-0.1, -0.05) is 18.2 Å². The molecular formula is C14H14FN3O. The van der Waals surface area contributed by atoms with Crippen LogP contribution in [0.25, 0.3) is 0 Å². The number of hydrogen-bond donors (Lipinski definition) is 2. The molecule has 0 aliphatic heterocycles. The molecular weight excluding hydrogens is 245 g/mol. The van der Waals surface area contributed by atoms with Crippen molar-refractivity contribution in [3.63, 3.8) is 0 Å². The molecule has 0 atom stereocenters. The number of pyridine rings is 1. The van der Waals surface area contributed by atoms with Crippen LogP contribution in [-0.4, -0.2) is 10.9 Å². The maximum Gasteiger partial charge on any atom is 0.221 e. The van der Waals surface area contributed by atoms with Crippen molar-refractivity contribution in [3.8, 4) is 0 Å². The normalized spacial score (nSPS) is 10.0. The number of halogens is 1. The fourth-order valence-corrected chi connectivity index (χ4v) is 1.66. The second kappa shape index (κ2) is 5.95. The molecule has 1 aromatic carbocycles. The fraction of sp³-hybridized carbons (Fsp3) is 0.143. The first-order chi connectivity index (χ1) is 9.15. The second-order valence-corrected chi connectivity index (χ2v) is 4.06. The Morgan fingerprint density at radius 2 is 2.05 bits per heavy atom. The number of amides is 1. The monoisotopic (exact) mass is 259 g/mol. The number of hydrogen-bond acceptors (Lipinski definition) is 3. The summed E-state index contributed by atoms with van der Waals surface area (Å²) in [5, 5.41) is 5.89. The molecule has 0 bridgehead atoms. The molecule has 1 aromatic heterocycles. The number of anilines is 2. The van der Waals surface area contributed by atoms with Gasteiger partial charge in [-0.2, -0.15) is 4.39 Å². The number of carbonyl (C=O) groups excluding carboxylic acids is 1. The maximum absolute atomic E-state index is 12.7. The summed E-state index contributed by atoms with van der Waals surface area (Å²) >= 11 is 0. The summed E-state index contributed by atoms with van der Waals surface area (Å²) in [5.41, 5.74) is 2.43. The van der Waals surface area contributed by atoms with E-state index >= 15 is 0 Å². The standard InChI is InChI=1S/C14H14FN3O/c1-10(19)18-13-5-3-2-4-11(13)8-16-12-6-7-14(15)17-9-12/h2-7,9,16H,8H2,1H3,(H,18,19). The summed E-state index contributed by atoms with van der Waals surface area (Å²) in [7, 11) is 0. The average molecular weight is 259 g/mol. The molecule has 0 aliphatic carbocycles. The van der Waals surface area contributed by atoms with Gasteiger partial charge in [0.25, 0.3) is 0 Å². The minimum Gasteiger partial charge on any atom is -0.380 e. The number of rotatable bonds is 4. The fourth-order valence-electron chi connectivity index (χ4n) is 1.66. The van der Waals surface area contributed by atoms with Gasteiger partial charge < -0.3 is 10.6 Å². The van der Waals surface area contributed by atoms with Gasteiger partial charge in [0, 0.05) is 19.2 Å². The van der Waals surface area contributed by atoms with Crippen LogP contribution in [0.15, 0.2) is 42.6 Å². The lowest BCUT2D eigenvalue weighted by Gasteiger charge is -2.11. The summed E-state index contributed by atoms with van der Waals surface area (Å²) < 4.78 is 12.7. The first-order valence-corrected chi connectivity index (χ1v) is 5.86. The van der Waals surface area contributed by atoms with E-state index in [2.05, 4.69) is 15.6 Å². The minimum absolute atomic E-state index is 0.115. The quantitative estimate of drug-likeness (QED) is 0.830. The maximum atomic E-state index is 12.7. The van der Waals surface area contributed by atoms with Gasteiger partial charge in [0.15, 0.2) is 0 Å². The third-order valence-electron chi connectivity index (χ3n) is 2.54. The zero-order valence-electron chi connectivity index (χ0n) is 10.5. The lowest BCUT2D eigenvalue weighted by atomic mass is 10.1. The molecule has 2 rings (SSSR count). The Balaban J connectivity index is 2.06. The topological polar surface area (TPSA) is 54.0 Å². The number of carbonyl (C=O) groups is 1. The number of aromatic nitrogens is 1. The van der Waals surface area contributed by atoms with Crippen LogP contribution in [-0.2, 0) is 11.3 Å². The van der Waals surface area contributed by atoms with E-state index in [1.807, 2.05) is 24.3 Å². The van der Waals surface area contributed by atoms with Crippen molar-refractivity contribution in [2.75, 3.05) is 10.6 Å². The van der Waals surface area contributed by atoms with Crippen LogP contribution in [0.4, 0.5) is 15.8 Å². The van der Waals surface area contributed by atoms with Crippen molar-refractivity contribution in [3.05, 3.63) is 54.1 Å². The van der Waals surface area contributed by atoms with E-state index in [1.54, 1.807) is 6.07 Å². The molecule has 1 amide bonds. The van der Waals surface area contributed by atoms with Crippen LogP contribution in [0.3, 0.4) is 0 Å². The van der Waals surface area contributed by atoms with Gasteiger partial charge in [-0.15, -0.1) is 0 Å². The molecule has 2 N–H and O–H groups in total. The van der Waals surface area contributed by atoms with Gasteiger partial charge in [-0.25, -0.2) is 4.98 Å². The van der Waals surface area contributed by atoms with E-state index in [1.165, 1.54) is 19.2 Å². The minimum atomic E-state index is -0.510. The zero-order chi connectivity index (χ0) is 13.7. The molecule has 4 nitrogen and oxygen atoms in total. The van der Waals surface area contributed by atoms with Crippen LogP contribution >= 0.6 is 0 Å². The van der Waals surface area contributed by atoms with Crippen molar-refractivity contribution in [1.29, 1.82) is 0 Å². The zero-order valence-corrected chi connectivity index (χ0v) is 10.5. The highest BCUT2D eigenvalue weighted by atomic mass is 19.1. The highest BCUT2D eigenvalue weighted by molar-refractivity contribution is 5.89. The van der Waals surface area contributed by atoms with Gasteiger partial charge in [-0.05, 0) is 23.8 Å². The number of benzene rings is 1. The molecule has 0 radical (unpaired) electrons. The Bertz CT molecular complexity index is 569. The predicted octanol–water partition coefficient (Wildman–Crippen LogP) is 2.79. The van der Waals surface area contributed by atoms with Crippen molar-refractivity contribution >= 4 is 17.3 Å². The third-order valence-corrected chi connectivity index (χ3v) is 2.54. The average Bonchev–Trinajstić information content (AvgIpc) is 2.39. The Labute approximate surface area is 110 Å². The molecule has 0 unspecified atom stereocenters. The summed E-state index contributed by atoms with van der Waals surface area (Å²) in [5.74, 6) is -0.625. The molecule has 0 fully saturated rings. The molecule has 0 spiro atoms. The van der Waals surface area contributed by atoms with Crippen LogP contribution in [0, 0.1) is 5.95 Å². The summed E-state index contributed by atoms with van der Waals surface area (Å²) in [4.78, 5) is 14.7. The highest BCUT2D eigenvalue weighted by Gasteiger charge is 2.03. The summed E-state index contributed by atoms with van der Waals surface area (Å²) in [6.45, 7) is 1.98. The van der Waals surface area contributed by atoms with Gasteiger partial charge in [0.05, 0.1) is 11.9 Å². The van der Waals surface area contributed by atoms with Crippen LogP contribution in [0.1, 0.15) is 12.5 Å². The van der Waals surface area contributed by atoms with E-state index in [9.17, 15) is 9.18 Å². The Morgan fingerprint density at radius 3 is 2.74 bits per heavy atom. The van der Waals surface area contributed by atoms with Gasteiger partial charge in [0.2, 0.25) is 11.9 Å². The molecule has 0 saturated carbocycles. The first-order valence-electron chi connectivity index (χ1n) is 5.86. The van der Waals surface area contributed by atoms with Crippen LogP contribution < -0.4 is 10.6 Å². The van der Waals surface area contributed by atoms with Crippen LogP contribution in [0.5, 0.6) is 0 Å².